The van der Waals surface area contributed by atoms with Gasteiger partial charge in [0.25, 0.3) is 0 Å². The lowest BCUT2D eigenvalue weighted by Gasteiger charge is -2.34. The SMILES string of the molecule is C=C[C@H](c1c(F)ccc(F)c1Cl)N1CCNCC1.Cl. The van der Waals surface area contributed by atoms with Gasteiger partial charge in [-0.3, -0.25) is 4.90 Å². The minimum atomic E-state index is -0.602. The molecule has 6 heteroatoms. The van der Waals surface area contributed by atoms with Crippen molar-refractivity contribution in [1.82, 2.24) is 10.2 Å². The summed E-state index contributed by atoms with van der Waals surface area (Å²) in [5, 5.41) is 3.05. The molecule has 1 aromatic rings. The number of piperazine rings is 1. The van der Waals surface area contributed by atoms with Crippen LogP contribution in [0.3, 0.4) is 0 Å². The van der Waals surface area contributed by atoms with Gasteiger partial charge in [-0.05, 0) is 12.1 Å². The van der Waals surface area contributed by atoms with Gasteiger partial charge in [0.2, 0.25) is 0 Å². The smallest absolute Gasteiger partial charge is 0.142 e. The van der Waals surface area contributed by atoms with Crippen LogP contribution in [-0.2, 0) is 0 Å². The van der Waals surface area contributed by atoms with Gasteiger partial charge in [0.15, 0.2) is 0 Å². The predicted octanol–water partition coefficient (Wildman–Crippen LogP) is 3.17. The molecule has 1 aliphatic heterocycles. The van der Waals surface area contributed by atoms with E-state index in [4.69, 9.17) is 11.6 Å². The van der Waals surface area contributed by atoms with Gasteiger partial charge in [0.1, 0.15) is 11.6 Å². The topological polar surface area (TPSA) is 15.3 Å². The summed E-state index contributed by atoms with van der Waals surface area (Å²) in [7, 11) is 0. The van der Waals surface area contributed by atoms with Crippen LogP contribution in [0.5, 0.6) is 0 Å². The Labute approximate surface area is 122 Å². The zero-order chi connectivity index (χ0) is 13.1. The van der Waals surface area contributed by atoms with Crippen LogP contribution in [0, 0.1) is 11.6 Å². The Kier molecular flexibility index (Phi) is 6.20. The molecule has 1 aliphatic rings. The number of rotatable bonds is 3. The number of hydrogen-bond donors (Lipinski definition) is 1. The van der Waals surface area contributed by atoms with E-state index in [2.05, 4.69) is 11.9 Å². The lowest BCUT2D eigenvalue weighted by atomic mass is 10.0. The maximum atomic E-state index is 13.9. The second-order valence-electron chi connectivity index (χ2n) is 4.22. The van der Waals surface area contributed by atoms with E-state index in [1.807, 2.05) is 4.90 Å². The third kappa shape index (κ3) is 3.45. The van der Waals surface area contributed by atoms with Gasteiger partial charge < -0.3 is 5.32 Å². The maximum absolute atomic E-state index is 13.9. The van der Waals surface area contributed by atoms with Crippen molar-refractivity contribution >= 4 is 24.0 Å². The fourth-order valence-corrected chi connectivity index (χ4v) is 2.49. The summed E-state index contributed by atoms with van der Waals surface area (Å²) >= 11 is 5.89. The van der Waals surface area contributed by atoms with Crippen molar-refractivity contribution in [1.29, 1.82) is 0 Å². The molecule has 0 saturated carbocycles. The molecular weight excluding hydrogens is 293 g/mol. The van der Waals surface area contributed by atoms with Crippen molar-refractivity contribution in [3.63, 3.8) is 0 Å². The second-order valence-corrected chi connectivity index (χ2v) is 4.60. The molecule has 19 heavy (non-hydrogen) atoms. The molecule has 2 rings (SSSR count). The highest BCUT2D eigenvalue weighted by Crippen LogP contribution is 2.32. The van der Waals surface area contributed by atoms with E-state index in [9.17, 15) is 8.78 Å². The van der Waals surface area contributed by atoms with E-state index in [0.29, 0.717) is 0 Å². The van der Waals surface area contributed by atoms with Gasteiger partial charge in [-0.25, -0.2) is 8.78 Å². The minimum Gasteiger partial charge on any atom is -0.314 e. The largest absolute Gasteiger partial charge is 0.314 e. The highest BCUT2D eigenvalue weighted by Gasteiger charge is 2.25. The lowest BCUT2D eigenvalue weighted by Crippen LogP contribution is -2.44. The first kappa shape index (κ1) is 16.4. The van der Waals surface area contributed by atoms with E-state index in [1.54, 1.807) is 6.08 Å². The van der Waals surface area contributed by atoms with Crippen LogP contribution < -0.4 is 5.32 Å². The highest BCUT2D eigenvalue weighted by atomic mass is 35.5. The molecule has 0 bridgehead atoms. The van der Waals surface area contributed by atoms with E-state index in [0.717, 1.165) is 38.3 Å². The molecule has 1 N–H and O–H groups in total. The van der Waals surface area contributed by atoms with Gasteiger partial charge in [-0.1, -0.05) is 17.7 Å². The summed E-state index contributed by atoms with van der Waals surface area (Å²) in [6, 6.07) is 1.75. The van der Waals surface area contributed by atoms with Gasteiger partial charge in [-0.2, -0.15) is 0 Å². The highest BCUT2D eigenvalue weighted by molar-refractivity contribution is 6.31. The van der Waals surface area contributed by atoms with Crippen molar-refractivity contribution in [3.05, 3.63) is 47.0 Å². The van der Waals surface area contributed by atoms with E-state index in [-0.39, 0.29) is 23.0 Å². The summed E-state index contributed by atoms with van der Waals surface area (Å²) in [5.41, 5.74) is 0.175. The quantitative estimate of drug-likeness (QED) is 0.681. The Morgan fingerprint density at radius 2 is 1.84 bits per heavy atom. The van der Waals surface area contributed by atoms with E-state index >= 15 is 0 Å². The Morgan fingerprint density at radius 1 is 1.26 bits per heavy atom. The number of hydrogen-bond acceptors (Lipinski definition) is 2. The minimum absolute atomic E-state index is 0. The van der Waals surface area contributed by atoms with Crippen LogP contribution in [0.15, 0.2) is 24.8 Å². The van der Waals surface area contributed by atoms with Gasteiger partial charge in [0, 0.05) is 31.7 Å². The number of nitrogens with one attached hydrogen (secondary N) is 1. The van der Waals surface area contributed by atoms with Gasteiger partial charge in [0.05, 0.1) is 11.1 Å². The molecule has 2 nitrogen and oxygen atoms in total. The molecule has 0 amide bonds. The number of halogens is 4. The average molecular weight is 309 g/mol. The normalized spacial score (nSPS) is 17.6. The monoisotopic (exact) mass is 308 g/mol. The second kappa shape index (κ2) is 7.20. The van der Waals surface area contributed by atoms with Crippen LogP contribution in [-0.4, -0.2) is 31.1 Å². The summed E-state index contributed by atoms with van der Waals surface area (Å²) in [4.78, 5) is 2.03. The van der Waals surface area contributed by atoms with Crippen molar-refractivity contribution < 1.29 is 8.78 Å². The van der Waals surface area contributed by atoms with Gasteiger partial charge in [-0.15, -0.1) is 19.0 Å². The Hall–Kier alpha value is -0.680. The number of benzene rings is 1. The summed E-state index contributed by atoms with van der Waals surface area (Å²) in [6.45, 7) is 6.86. The third-order valence-electron chi connectivity index (χ3n) is 3.14. The van der Waals surface area contributed by atoms with Crippen LogP contribution >= 0.6 is 24.0 Å². The standard InChI is InChI=1S/C13H15ClF2N2.ClH/c1-2-11(18-7-5-17-6-8-18)12-9(15)3-4-10(16)13(12)14;/h2-4,11,17H,1,5-8H2;1H/t11-;/m1./s1. The molecule has 1 aromatic carbocycles. The fraction of sp³-hybridized carbons (Fsp3) is 0.385. The molecule has 0 aliphatic carbocycles. The molecule has 1 atom stereocenters. The third-order valence-corrected chi connectivity index (χ3v) is 3.53. The molecule has 0 radical (unpaired) electrons. The Morgan fingerprint density at radius 3 is 2.42 bits per heavy atom. The Bertz CT molecular complexity index is 449. The molecular formula is C13H16Cl2F2N2. The van der Waals surface area contributed by atoms with Crippen LogP contribution in [0.1, 0.15) is 11.6 Å². The zero-order valence-electron chi connectivity index (χ0n) is 10.3. The number of nitrogens with zero attached hydrogens (tertiary/aromatic N) is 1. The van der Waals surface area contributed by atoms with Crippen molar-refractivity contribution in [2.45, 2.75) is 6.04 Å². The fourth-order valence-electron chi connectivity index (χ4n) is 2.22. The molecule has 106 valence electrons. The molecule has 1 heterocycles. The summed E-state index contributed by atoms with van der Waals surface area (Å²) < 4.78 is 27.3. The predicted molar refractivity (Wildman–Crippen MR) is 76.0 cm³/mol. The molecule has 0 unspecified atom stereocenters. The van der Waals surface area contributed by atoms with Crippen LogP contribution in [0.4, 0.5) is 8.78 Å². The maximum Gasteiger partial charge on any atom is 0.142 e. The molecule has 1 fully saturated rings. The van der Waals surface area contributed by atoms with Crippen molar-refractivity contribution in [3.8, 4) is 0 Å². The van der Waals surface area contributed by atoms with E-state index < -0.39 is 17.7 Å². The van der Waals surface area contributed by atoms with Crippen LogP contribution in [0.2, 0.25) is 5.02 Å². The average Bonchev–Trinajstić information content (AvgIpc) is 2.40. The first-order chi connectivity index (χ1) is 8.65. The van der Waals surface area contributed by atoms with Crippen molar-refractivity contribution in [2.75, 3.05) is 26.2 Å². The first-order valence-corrected chi connectivity index (χ1v) is 6.23. The van der Waals surface area contributed by atoms with E-state index in [1.165, 1.54) is 0 Å². The molecule has 0 aromatic heterocycles. The zero-order valence-corrected chi connectivity index (χ0v) is 11.9. The molecule has 1 saturated heterocycles. The first-order valence-electron chi connectivity index (χ1n) is 5.86. The van der Waals surface area contributed by atoms with Crippen LogP contribution in [0.25, 0.3) is 0 Å². The lowest BCUT2D eigenvalue weighted by molar-refractivity contribution is 0.200. The molecule has 0 spiro atoms. The van der Waals surface area contributed by atoms with Gasteiger partial charge >= 0.3 is 0 Å². The summed E-state index contributed by atoms with van der Waals surface area (Å²) in [6.07, 6.45) is 1.61. The summed E-state index contributed by atoms with van der Waals surface area (Å²) in [5.74, 6) is -1.10. The van der Waals surface area contributed by atoms with Crippen molar-refractivity contribution in [2.24, 2.45) is 0 Å². The Balaban J connectivity index is 0.00000180.